The molecule has 0 atom stereocenters. The fourth-order valence-corrected chi connectivity index (χ4v) is 4.18. The molecular weight excluding hydrogens is 496 g/mol. The zero-order valence-corrected chi connectivity index (χ0v) is 19.8. The Morgan fingerprint density at radius 1 is 1.14 bits per heavy atom. The van der Waals surface area contributed by atoms with Crippen molar-refractivity contribution in [1.82, 2.24) is 9.97 Å². The molecule has 0 spiro atoms. The highest BCUT2D eigenvalue weighted by Gasteiger charge is 2.36. The summed E-state index contributed by atoms with van der Waals surface area (Å²) in [6, 6.07) is 5.48. The van der Waals surface area contributed by atoms with E-state index in [4.69, 9.17) is 14.8 Å². The third-order valence-corrected chi connectivity index (χ3v) is 5.97. The van der Waals surface area contributed by atoms with Crippen molar-refractivity contribution in [2.45, 2.75) is 37.7 Å². The molecule has 37 heavy (non-hydrogen) atoms. The van der Waals surface area contributed by atoms with Crippen molar-refractivity contribution in [3.05, 3.63) is 60.6 Å². The Labute approximate surface area is 210 Å². The summed E-state index contributed by atoms with van der Waals surface area (Å²) in [4.78, 5) is 23.3. The maximum atomic E-state index is 15.0. The number of carboxylic acid groups (broad SMARTS) is 1. The highest BCUT2D eigenvalue weighted by atomic mass is 19.4. The maximum absolute atomic E-state index is 15.0. The van der Waals surface area contributed by atoms with Crippen LogP contribution in [0.25, 0.3) is 0 Å². The van der Waals surface area contributed by atoms with Gasteiger partial charge < -0.3 is 19.5 Å². The first kappa shape index (κ1) is 26.4. The maximum Gasteiger partial charge on any atom is 0.573 e. The number of aliphatic carboxylic acids is 1. The minimum absolute atomic E-state index is 0.136. The van der Waals surface area contributed by atoms with Crippen LogP contribution in [-0.2, 0) is 9.53 Å². The first-order valence-electron chi connectivity index (χ1n) is 11.7. The Morgan fingerprint density at radius 2 is 1.86 bits per heavy atom. The zero-order valence-electron chi connectivity index (χ0n) is 19.8. The van der Waals surface area contributed by atoms with Crippen LogP contribution < -0.4 is 14.5 Å². The van der Waals surface area contributed by atoms with E-state index in [9.17, 15) is 18.0 Å². The van der Waals surface area contributed by atoms with Gasteiger partial charge in [0, 0.05) is 37.3 Å². The summed E-state index contributed by atoms with van der Waals surface area (Å²) in [6.07, 6.45) is 6.18. The Kier molecular flexibility index (Phi) is 7.96. The van der Waals surface area contributed by atoms with Gasteiger partial charge in [0.25, 0.3) is 0 Å². The summed E-state index contributed by atoms with van der Waals surface area (Å²) in [5.41, 5.74) is -0.268. The number of ether oxygens (including phenoxy) is 2. The van der Waals surface area contributed by atoms with E-state index in [0.717, 1.165) is 18.5 Å². The predicted octanol–water partition coefficient (Wildman–Crippen LogP) is 5.16. The molecule has 0 saturated carbocycles. The van der Waals surface area contributed by atoms with Crippen LogP contribution in [0.5, 0.6) is 5.75 Å². The molecule has 1 fully saturated rings. The Bertz CT molecular complexity index is 1150. The molecule has 198 valence electrons. The standard InChI is InChI=1S/C25H26F4N4O4/c26-24(17-36-16-23(34)35)10-12-32(13-11-24)21-14-30-15-22(31-21)33(18-4-2-1-3-5-18)19-6-8-20(9-7-19)37-25(27,28)29/h2,4-9,14-15H,1,3,10-13,16-17H2,(H,34,35). The van der Waals surface area contributed by atoms with E-state index in [-0.39, 0.29) is 25.2 Å². The zero-order chi connectivity index (χ0) is 26.5. The molecule has 1 aromatic heterocycles. The van der Waals surface area contributed by atoms with Crippen molar-refractivity contribution < 1.29 is 36.9 Å². The Morgan fingerprint density at radius 3 is 2.49 bits per heavy atom. The van der Waals surface area contributed by atoms with E-state index in [0.29, 0.717) is 30.4 Å². The normalized spacial score (nSPS) is 17.3. The lowest BCUT2D eigenvalue weighted by Gasteiger charge is -2.37. The monoisotopic (exact) mass is 522 g/mol. The lowest BCUT2D eigenvalue weighted by atomic mass is 9.94. The summed E-state index contributed by atoms with van der Waals surface area (Å²) < 4.78 is 61.8. The summed E-state index contributed by atoms with van der Waals surface area (Å²) in [7, 11) is 0. The molecule has 2 aliphatic rings. The molecule has 2 heterocycles. The Balaban J connectivity index is 1.53. The Hall–Kier alpha value is -3.67. The predicted molar refractivity (Wildman–Crippen MR) is 127 cm³/mol. The highest BCUT2D eigenvalue weighted by Crippen LogP contribution is 2.35. The second kappa shape index (κ2) is 11.2. The van der Waals surface area contributed by atoms with Crippen molar-refractivity contribution in [2.75, 3.05) is 36.1 Å². The number of halogens is 4. The number of benzene rings is 1. The van der Waals surface area contributed by atoms with Crippen LogP contribution in [0.2, 0.25) is 0 Å². The molecule has 0 bridgehead atoms. The fraction of sp³-hybridized carbons (Fsp3) is 0.400. The molecular formula is C25H26F4N4O4. The van der Waals surface area contributed by atoms with Crippen molar-refractivity contribution in [1.29, 1.82) is 0 Å². The van der Waals surface area contributed by atoms with Gasteiger partial charge in [-0.2, -0.15) is 0 Å². The van der Waals surface area contributed by atoms with Gasteiger partial charge in [0.05, 0.1) is 19.0 Å². The van der Waals surface area contributed by atoms with Crippen molar-refractivity contribution in [3.8, 4) is 5.75 Å². The van der Waals surface area contributed by atoms with Crippen LogP contribution in [0.1, 0.15) is 25.7 Å². The lowest BCUT2D eigenvalue weighted by Crippen LogP contribution is -2.45. The van der Waals surface area contributed by atoms with Gasteiger partial charge in [-0.25, -0.2) is 14.2 Å². The van der Waals surface area contributed by atoms with E-state index >= 15 is 4.39 Å². The topological polar surface area (TPSA) is 88.0 Å². The second-order valence-corrected chi connectivity index (χ2v) is 8.75. The number of nitrogens with zero attached hydrogens (tertiary/aromatic N) is 4. The molecule has 8 nitrogen and oxygen atoms in total. The fourth-order valence-electron chi connectivity index (χ4n) is 4.18. The molecule has 0 radical (unpaired) electrons. The molecule has 0 amide bonds. The number of piperidine rings is 1. The van der Waals surface area contributed by atoms with Crippen molar-refractivity contribution in [3.63, 3.8) is 0 Å². The van der Waals surface area contributed by atoms with Gasteiger partial charge >= 0.3 is 12.3 Å². The van der Waals surface area contributed by atoms with Crippen LogP contribution in [-0.4, -0.2) is 59.4 Å². The van der Waals surface area contributed by atoms with E-state index < -0.39 is 24.6 Å². The minimum Gasteiger partial charge on any atom is -0.480 e. The van der Waals surface area contributed by atoms with Gasteiger partial charge in [0.15, 0.2) is 5.82 Å². The average Bonchev–Trinajstić information content (AvgIpc) is 2.85. The number of hydrogen-bond acceptors (Lipinski definition) is 7. The molecule has 12 heteroatoms. The third kappa shape index (κ3) is 7.19. The van der Waals surface area contributed by atoms with Gasteiger partial charge in [-0.15, -0.1) is 13.2 Å². The lowest BCUT2D eigenvalue weighted by molar-refractivity contribution is -0.274. The quantitative estimate of drug-likeness (QED) is 0.452. The number of rotatable bonds is 9. The van der Waals surface area contributed by atoms with E-state index in [1.54, 1.807) is 17.3 Å². The second-order valence-electron chi connectivity index (χ2n) is 8.75. The highest BCUT2D eigenvalue weighted by molar-refractivity contribution is 5.69. The molecule has 1 aromatic carbocycles. The van der Waals surface area contributed by atoms with E-state index in [1.165, 1.54) is 24.3 Å². The largest absolute Gasteiger partial charge is 0.573 e. The first-order valence-corrected chi connectivity index (χ1v) is 11.7. The number of anilines is 3. The molecule has 2 aromatic rings. The molecule has 1 N–H and O–H groups in total. The summed E-state index contributed by atoms with van der Waals surface area (Å²) in [6.45, 7) is -0.179. The van der Waals surface area contributed by atoms with Gasteiger partial charge in [0.2, 0.25) is 0 Å². The minimum atomic E-state index is -4.79. The number of carboxylic acids is 1. The van der Waals surface area contributed by atoms with Gasteiger partial charge in [-0.3, -0.25) is 9.88 Å². The number of alkyl halides is 4. The SMILES string of the molecule is O=C(O)COCC1(F)CCN(c2cncc(N(C3=CCCC=C3)c3ccc(OC(F)(F)F)cc3)n2)CC1. The molecule has 4 rings (SSSR count). The summed E-state index contributed by atoms with van der Waals surface area (Å²) in [5, 5.41) is 8.69. The number of carbonyl (C=O) groups is 1. The van der Waals surface area contributed by atoms with E-state index in [2.05, 4.69) is 9.72 Å². The molecule has 1 saturated heterocycles. The smallest absolute Gasteiger partial charge is 0.480 e. The average molecular weight is 522 g/mol. The first-order chi connectivity index (χ1) is 17.6. The van der Waals surface area contributed by atoms with Gasteiger partial charge in [-0.1, -0.05) is 12.2 Å². The molecule has 1 aliphatic carbocycles. The van der Waals surface area contributed by atoms with Crippen LogP contribution >= 0.6 is 0 Å². The number of hydrogen-bond donors (Lipinski definition) is 1. The van der Waals surface area contributed by atoms with Crippen molar-refractivity contribution in [2.24, 2.45) is 0 Å². The van der Waals surface area contributed by atoms with Gasteiger partial charge in [-0.05, 0) is 43.2 Å². The third-order valence-electron chi connectivity index (χ3n) is 5.97. The summed E-state index contributed by atoms with van der Waals surface area (Å²) >= 11 is 0. The number of allylic oxidation sites excluding steroid dienone is 3. The van der Waals surface area contributed by atoms with Crippen molar-refractivity contribution >= 4 is 23.3 Å². The summed E-state index contributed by atoms with van der Waals surface area (Å²) in [5.74, 6) is -0.516. The number of aromatic nitrogens is 2. The van der Waals surface area contributed by atoms with Crippen LogP contribution in [0.4, 0.5) is 34.9 Å². The van der Waals surface area contributed by atoms with Crippen LogP contribution in [0.15, 0.2) is 60.6 Å². The molecule has 0 unspecified atom stereocenters. The van der Waals surface area contributed by atoms with E-state index in [1.807, 2.05) is 23.1 Å². The van der Waals surface area contributed by atoms with Gasteiger partial charge in [0.1, 0.15) is 23.8 Å². The van der Waals surface area contributed by atoms with Crippen LogP contribution in [0.3, 0.4) is 0 Å². The molecule has 1 aliphatic heterocycles. The van der Waals surface area contributed by atoms with Crippen LogP contribution in [0, 0.1) is 0 Å².